The van der Waals surface area contributed by atoms with Gasteiger partial charge in [0.25, 0.3) is 0 Å². The molecule has 4 aromatic rings. The highest BCUT2D eigenvalue weighted by molar-refractivity contribution is 6.33. The number of carbonyl (C=O) groups excluding carboxylic acids is 3. The molecule has 4 aromatic carbocycles. The van der Waals surface area contributed by atoms with Crippen LogP contribution in [0.1, 0.15) is 37.5 Å². The molecule has 0 spiro atoms. The molecule has 0 fully saturated rings. The van der Waals surface area contributed by atoms with Gasteiger partial charge in [0.1, 0.15) is 17.2 Å². The van der Waals surface area contributed by atoms with Crippen molar-refractivity contribution in [3.05, 3.63) is 94.5 Å². The molecule has 4 rings (SSSR count). The van der Waals surface area contributed by atoms with Crippen molar-refractivity contribution in [1.82, 2.24) is 0 Å². The van der Waals surface area contributed by atoms with Crippen LogP contribution in [-0.2, 0) is 9.59 Å². The zero-order valence-corrected chi connectivity index (χ0v) is 26.6. The van der Waals surface area contributed by atoms with Gasteiger partial charge in [-0.2, -0.15) is 5.26 Å². The summed E-state index contributed by atoms with van der Waals surface area (Å²) in [5.74, 6) is 0.0760. The maximum atomic E-state index is 11.9. The second-order valence-corrected chi connectivity index (χ2v) is 10.8. The van der Waals surface area contributed by atoms with Crippen LogP contribution in [0, 0.1) is 31.1 Å². The van der Waals surface area contributed by atoms with E-state index < -0.39 is 6.03 Å². The molecular formula is C34H34ClN5O6. The van der Waals surface area contributed by atoms with Crippen LogP contribution in [0.5, 0.6) is 23.0 Å². The van der Waals surface area contributed by atoms with Crippen molar-refractivity contribution in [3.63, 3.8) is 0 Å². The van der Waals surface area contributed by atoms with Crippen LogP contribution >= 0.6 is 11.6 Å². The Balaban J connectivity index is 0.000000259. The quantitative estimate of drug-likeness (QED) is 0.111. The van der Waals surface area contributed by atoms with Crippen molar-refractivity contribution in [1.29, 1.82) is 5.26 Å². The van der Waals surface area contributed by atoms with E-state index in [4.69, 9.17) is 21.6 Å². The average Bonchev–Trinajstić information content (AvgIpc) is 3.01. The molecule has 0 saturated heterocycles. The summed E-state index contributed by atoms with van der Waals surface area (Å²) in [6.07, 6.45) is 0. The number of carbonyl (C=O) groups is 3. The number of phenolic OH excluding ortho intramolecular Hbond substituents is 2. The first-order valence-electron chi connectivity index (χ1n) is 14.0. The molecule has 46 heavy (non-hydrogen) atoms. The Morgan fingerprint density at radius 3 is 2.00 bits per heavy atom. The lowest BCUT2D eigenvalue weighted by Gasteiger charge is -2.16. The van der Waals surface area contributed by atoms with E-state index in [-0.39, 0.29) is 39.9 Å². The molecule has 0 aliphatic heterocycles. The topological polar surface area (TPSA) is 173 Å². The van der Waals surface area contributed by atoms with Crippen LogP contribution in [-0.4, -0.2) is 28.1 Å². The molecule has 238 valence electrons. The van der Waals surface area contributed by atoms with E-state index >= 15 is 0 Å². The number of rotatable bonds is 7. The summed E-state index contributed by atoms with van der Waals surface area (Å²) in [7, 11) is 0. The summed E-state index contributed by atoms with van der Waals surface area (Å²) in [5, 5.41) is 39.1. The first-order chi connectivity index (χ1) is 21.8. The summed E-state index contributed by atoms with van der Waals surface area (Å²) < 4.78 is 5.83. The molecule has 6 N–H and O–H groups in total. The predicted octanol–water partition coefficient (Wildman–Crippen LogP) is 7.92. The number of halogens is 1. The summed E-state index contributed by atoms with van der Waals surface area (Å²) in [4.78, 5) is 34.8. The minimum Gasteiger partial charge on any atom is -0.506 e. The number of ether oxygens (including phenoxy) is 1. The van der Waals surface area contributed by atoms with Crippen molar-refractivity contribution in [2.24, 2.45) is 5.92 Å². The van der Waals surface area contributed by atoms with Crippen molar-refractivity contribution in [2.45, 2.75) is 34.6 Å². The van der Waals surface area contributed by atoms with Crippen LogP contribution in [0.2, 0.25) is 5.02 Å². The molecule has 0 aliphatic carbocycles. The van der Waals surface area contributed by atoms with E-state index in [9.17, 15) is 24.6 Å². The molecule has 0 aliphatic rings. The number of benzene rings is 4. The zero-order valence-electron chi connectivity index (χ0n) is 25.9. The Morgan fingerprint density at radius 2 is 1.43 bits per heavy atom. The van der Waals surface area contributed by atoms with E-state index in [2.05, 4.69) is 21.3 Å². The second-order valence-electron chi connectivity index (χ2n) is 10.5. The van der Waals surface area contributed by atoms with Gasteiger partial charge in [0.05, 0.1) is 28.0 Å². The van der Waals surface area contributed by atoms with Crippen molar-refractivity contribution in [3.8, 4) is 29.1 Å². The molecular weight excluding hydrogens is 610 g/mol. The van der Waals surface area contributed by atoms with Crippen LogP contribution < -0.4 is 26.0 Å². The minimum absolute atomic E-state index is 0.0139. The summed E-state index contributed by atoms with van der Waals surface area (Å²) in [5.41, 5.74) is 3.69. The lowest BCUT2D eigenvalue weighted by atomic mass is 10.1. The number of anilines is 4. The number of urea groups is 1. The van der Waals surface area contributed by atoms with Gasteiger partial charge in [-0.05, 0) is 80.1 Å². The Kier molecular flexibility index (Phi) is 12.0. The molecule has 12 heteroatoms. The largest absolute Gasteiger partial charge is 0.506 e. The van der Waals surface area contributed by atoms with E-state index in [1.807, 2.05) is 13.0 Å². The van der Waals surface area contributed by atoms with Gasteiger partial charge < -0.3 is 36.2 Å². The molecule has 0 bridgehead atoms. The number of nitrogens with zero attached hydrogens (tertiary/aromatic N) is 1. The number of amides is 4. The van der Waals surface area contributed by atoms with Crippen LogP contribution in [0.25, 0.3) is 0 Å². The molecule has 0 heterocycles. The van der Waals surface area contributed by atoms with Crippen LogP contribution in [0.3, 0.4) is 0 Å². The van der Waals surface area contributed by atoms with Gasteiger partial charge in [-0.3, -0.25) is 9.59 Å². The predicted molar refractivity (Wildman–Crippen MR) is 179 cm³/mol. The third-order valence-electron chi connectivity index (χ3n) is 6.30. The Morgan fingerprint density at radius 1 is 0.826 bits per heavy atom. The Hall–Kier alpha value is -5.73. The zero-order chi connectivity index (χ0) is 34.0. The average molecular weight is 644 g/mol. The third-order valence-corrected chi connectivity index (χ3v) is 6.76. The number of nitriles is 1. The molecule has 0 atom stereocenters. The number of nitrogens with one attached hydrogen (secondary N) is 4. The highest BCUT2D eigenvalue weighted by Gasteiger charge is 2.18. The van der Waals surface area contributed by atoms with Gasteiger partial charge in [-0.25, -0.2) is 4.79 Å². The fourth-order valence-corrected chi connectivity index (χ4v) is 3.98. The van der Waals surface area contributed by atoms with Crippen molar-refractivity contribution >= 4 is 52.2 Å². The SMILES string of the molecule is CC(=O)Nc1ccc(Oc2cc(NC(=O)C(C)C)c(O)c(Cl)c2C)cc1.Cc1ccc(NC(=O)Nc2ccc(C#N)cc2)c(O)c1. The number of hydrogen-bond acceptors (Lipinski definition) is 7. The van der Waals surface area contributed by atoms with Gasteiger partial charge in [-0.1, -0.05) is 31.5 Å². The van der Waals surface area contributed by atoms with Gasteiger partial charge in [0.15, 0.2) is 5.75 Å². The van der Waals surface area contributed by atoms with Gasteiger partial charge in [0.2, 0.25) is 11.8 Å². The molecule has 4 amide bonds. The standard InChI is InChI=1S/C19H21ClN2O4.C15H13N3O2/c1-10(2)19(25)22-15-9-16(11(3)17(20)18(15)24)26-14-7-5-13(6-8-14)21-12(4)23;1-10-2-7-13(14(19)8-10)18-15(20)17-12-5-3-11(9-16)4-6-12/h5-10,24H,1-4H3,(H,21,23)(H,22,25);2-8,19H,1H3,(H2,17,18,20). The fourth-order valence-electron chi connectivity index (χ4n) is 3.79. The molecule has 0 saturated carbocycles. The number of hydrogen-bond donors (Lipinski definition) is 6. The van der Waals surface area contributed by atoms with E-state index in [0.717, 1.165) is 5.56 Å². The lowest BCUT2D eigenvalue weighted by molar-refractivity contribution is -0.119. The van der Waals surface area contributed by atoms with E-state index in [0.29, 0.717) is 39.7 Å². The minimum atomic E-state index is -0.464. The van der Waals surface area contributed by atoms with Crippen LogP contribution in [0.4, 0.5) is 27.5 Å². The molecule has 0 aromatic heterocycles. The normalized spacial score (nSPS) is 10.1. The fraction of sp³-hybridized carbons (Fsp3) is 0.176. The smallest absolute Gasteiger partial charge is 0.323 e. The second kappa shape index (κ2) is 15.8. The number of phenols is 2. The van der Waals surface area contributed by atoms with Crippen LogP contribution in [0.15, 0.2) is 72.8 Å². The highest BCUT2D eigenvalue weighted by Crippen LogP contribution is 2.42. The Labute approximate surface area is 271 Å². The van der Waals surface area contributed by atoms with Crippen molar-refractivity contribution < 1.29 is 29.3 Å². The van der Waals surface area contributed by atoms with Crippen molar-refractivity contribution in [2.75, 3.05) is 21.3 Å². The lowest BCUT2D eigenvalue weighted by Crippen LogP contribution is -2.19. The highest BCUT2D eigenvalue weighted by atomic mass is 35.5. The summed E-state index contributed by atoms with van der Waals surface area (Å²) in [6.45, 7) is 8.48. The first-order valence-corrected chi connectivity index (χ1v) is 14.4. The van der Waals surface area contributed by atoms with E-state index in [1.165, 1.54) is 13.0 Å². The third kappa shape index (κ3) is 9.90. The number of aryl methyl sites for hydroxylation is 1. The molecule has 0 unspecified atom stereocenters. The number of aromatic hydroxyl groups is 2. The maximum Gasteiger partial charge on any atom is 0.323 e. The van der Waals surface area contributed by atoms with Gasteiger partial charge >= 0.3 is 6.03 Å². The molecule has 0 radical (unpaired) electrons. The van der Waals surface area contributed by atoms with E-state index in [1.54, 1.807) is 87.5 Å². The van der Waals surface area contributed by atoms with Gasteiger partial charge in [0, 0.05) is 35.8 Å². The summed E-state index contributed by atoms with van der Waals surface area (Å²) >= 11 is 6.17. The molecule has 11 nitrogen and oxygen atoms in total. The summed E-state index contributed by atoms with van der Waals surface area (Å²) in [6, 6.07) is 21.3. The monoisotopic (exact) mass is 643 g/mol. The first kappa shape index (κ1) is 34.8. The Bertz CT molecular complexity index is 1770. The van der Waals surface area contributed by atoms with Gasteiger partial charge in [-0.15, -0.1) is 0 Å². The maximum absolute atomic E-state index is 11.9.